The van der Waals surface area contributed by atoms with Gasteiger partial charge < -0.3 is 4.55 Å². The zero-order chi connectivity index (χ0) is 9.14. The molecule has 0 aliphatic heterocycles. The maximum absolute atomic E-state index is 12.7. The fourth-order valence-corrected chi connectivity index (χ4v) is 1.27. The molecule has 12 heavy (non-hydrogen) atoms. The molecule has 0 aliphatic carbocycles. The summed E-state index contributed by atoms with van der Waals surface area (Å²) in [5.74, 6) is -1.80. The van der Waals surface area contributed by atoms with Crippen molar-refractivity contribution < 1.29 is 17.5 Å². The normalized spacial score (nSPS) is 12.9. The second-order valence-electron chi connectivity index (χ2n) is 2.20. The molecular formula is C7H6F2O2S. The third-order valence-corrected chi connectivity index (χ3v) is 1.85. The summed E-state index contributed by atoms with van der Waals surface area (Å²) < 4.78 is 43.7. The lowest BCUT2D eigenvalue weighted by Gasteiger charge is -1.98. The van der Waals surface area contributed by atoms with Gasteiger partial charge in [-0.1, -0.05) is 6.07 Å². The Labute approximate surface area is 70.5 Å². The van der Waals surface area contributed by atoms with Crippen LogP contribution in [0.5, 0.6) is 0 Å². The summed E-state index contributed by atoms with van der Waals surface area (Å²) in [7, 11) is 0. The van der Waals surface area contributed by atoms with E-state index in [1.807, 2.05) is 0 Å². The first kappa shape index (κ1) is 9.28. The molecule has 0 saturated heterocycles. The van der Waals surface area contributed by atoms with Crippen LogP contribution in [0.1, 0.15) is 5.56 Å². The highest BCUT2D eigenvalue weighted by molar-refractivity contribution is 7.78. The highest BCUT2D eigenvalue weighted by Crippen LogP contribution is 2.10. The van der Waals surface area contributed by atoms with Gasteiger partial charge >= 0.3 is 0 Å². The second kappa shape index (κ2) is 3.73. The van der Waals surface area contributed by atoms with Gasteiger partial charge in [0.1, 0.15) is 11.6 Å². The van der Waals surface area contributed by atoms with Crippen LogP contribution in [0.2, 0.25) is 0 Å². The molecular weight excluding hydrogens is 186 g/mol. The van der Waals surface area contributed by atoms with Gasteiger partial charge in [0.2, 0.25) is 0 Å². The topological polar surface area (TPSA) is 37.3 Å². The Hall–Kier alpha value is -0.810. The zero-order valence-corrected chi connectivity index (χ0v) is 6.78. The lowest BCUT2D eigenvalue weighted by Crippen LogP contribution is -1.96. The minimum atomic E-state index is -2.10. The first-order valence-corrected chi connectivity index (χ1v) is 4.38. The van der Waals surface area contributed by atoms with E-state index in [9.17, 15) is 13.0 Å². The van der Waals surface area contributed by atoms with Gasteiger partial charge in [-0.2, -0.15) is 0 Å². The summed E-state index contributed by atoms with van der Waals surface area (Å²) >= 11 is -2.10. The monoisotopic (exact) mass is 192 g/mol. The van der Waals surface area contributed by atoms with Crippen LogP contribution in [0, 0.1) is 11.6 Å². The van der Waals surface area contributed by atoms with Gasteiger partial charge in [-0.3, -0.25) is 0 Å². The Morgan fingerprint density at radius 1 is 1.42 bits per heavy atom. The van der Waals surface area contributed by atoms with Crippen molar-refractivity contribution in [2.24, 2.45) is 0 Å². The molecule has 0 heterocycles. The summed E-state index contributed by atoms with van der Waals surface area (Å²) in [4.78, 5) is 0. The van der Waals surface area contributed by atoms with Gasteiger partial charge in [0.15, 0.2) is 11.1 Å². The zero-order valence-electron chi connectivity index (χ0n) is 5.96. The minimum Gasteiger partial charge on any atom is -0.306 e. The van der Waals surface area contributed by atoms with E-state index in [-0.39, 0.29) is 11.3 Å². The summed E-state index contributed by atoms with van der Waals surface area (Å²) in [5, 5.41) is 0. The minimum absolute atomic E-state index is 0.0391. The van der Waals surface area contributed by atoms with Gasteiger partial charge in [0.25, 0.3) is 0 Å². The molecule has 0 saturated carbocycles. The van der Waals surface area contributed by atoms with Crippen molar-refractivity contribution in [2.45, 2.75) is 5.75 Å². The summed E-state index contributed by atoms with van der Waals surface area (Å²) in [6, 6.07) is 2.88. The van der Waals surface area contributed by atoms with Gasteiger partial charge in [-0.15, -0.1) is 0 Å². The number of rotatable bonds is 2. The van der Waals surface area contributed by atoms with Gasteiger partial charge in [0.05, 0.1) is 5.75 Å². The first-order valence-electron chi connectivity index (χ1n) is 3.11. The molecule has 0 aliphatic rings. The SMILES string of the molecule is O=S(O)Cc1ccc(F)cc1F. The van der Waals surface area contributed by atoms with Crippen molar-refractivity contribution in [2.75, 3.05) is 0 Å². The first-order chi connectivity index (χ1) is 5.59. The van der Waals surface area contributed by atoms with E-state index in [1.165, 1.54) is 0 Å². The molecule has 1 aromatic carbocycles. The van der Waals surface area contributed by atoms with Crippen LogP contribution in [0.4, 0.5) is 8.78 Å². The van der Waals surface area contributed by atoms with E-state index in [1.54, 1.807) is 0 Å². The Balaban J connectivity index is 2.93. The Morgan fingerprint density at radius 3 is 2.58 bits per heavy atom. The van der Waals surface area contributed by atoms with E-state index in [0.29, 0.717) is 6.07 Å². The quantitative estimate of drug-likeness (QED) is 0.724. The summed E-state index contributed by atoms with van der Waals surface area (Å²) in [5.41, 5.74) is 0.0391. The molecule has 66 valence electrons. The fourth-order valence-electron chi connectivity index (χ4n) is 0.772. The number of benzene rings is 1. The second-order valence-corrected chi connectivity index (χ2v) is 3.13. The Kier molecular flexibility index (Phi) is 2.88. The molecule has 1 atom stereocenters. The van der Waals surface area contributed by atoms with Crippen LogP contribution in [0.15, 0.2) is 18.2 Å². The van der Waals surface area contributed by atoms with Crippen molar-refractivity contribution in [1.29, 1.82) is 0 Å². The van der Waals surface area contributed by atoms with Crippen molar-refractivity contribution in [3.05, 3.63) is 35.4 Å². The lowest BCUT2D eigenvalue weighted by molar-refractivity contribution is 0.554. The van der Waals surface area contributed by atoms with Crippen LogP contribution in [0.25, 0.3) is 0 Å². The van der Waals surface area contributed by atoms with E-state index < -0.39 is 22.7 Å². The third kappa shape index (κ3) is 2.35. The highest BCUT2D eigenvalue weighted by atomic mass is 32.2. The molecule has 0 amide bonds. The maximum atomic E-state index is 12.7. The molecule has 0 aromatic heterocycles. The van der Waals surface area contributed by atoms with Crippen LogP contribution >= 0.6 is 0 Å². The third-order valence-electron chi connectivity index (χ3n) is 1.29. The standard InChI is InChI=1S/C7H6F2O2S/c8-6-2-1-5(4-12(10)11)7(9)3-6/h1-3H,4H2,(H,10,11). The van der Waals surface area contributed by atoms with Gasteiger partial charge in [-0.05, 0) is 6.07 Å². The largest absolute Gasteiger partial charge is 0.306 e. The number of hydrogen-bond acceptors (Lipinski definition) is 1. The van der Waals surface area contributed by atoms with E-state index in [2.05, 4.69) is 0 Å². The average molecular weight is 192 g/mol. The predicted octanol–water partition coefficient (Wildman–Crippen LogP) is 1.69. The van der Waals surface area contributed by atoms with E-state index in [4.69, 9.17) is 4.55 Å². The molecule has 0 bridgehead atoms. The van der Waals surface area contributed by atoms with E-state index >= 15 is 0 Å². The molecule has 2 nitrogen and oxygen atoms in total. The van der Waals surface area contributed by atoms with Crippen LogP contribution in [-0.2, 0) is 16.8 Å². The van der Waals surface area contributed by atoms with Crippen LogP contribution in [-0.4, -0.2) is 8.76 Å². The van der Waals surface area contributed by atoms with Gasteiger partial charge in [0, 0.05) is 11.6 Å². The van der Waals surface area contributed by atoms with Crippen LogP contribution < -0.4 is 0 Å². The molecule has 0 fully saturated rings. The van der Waals surface area contributed by atoms with Crippen LogP contribution in [0.3, 0.4) is 0 Å². The summed E-state index contributed by atoms with van der Waals surface area (Å²) in [6.07, 6.45) is 0. The number of hydrogen-bond donors (Lipinski definition) is 1. The average Bonchev–Trinajstić information content (AvgIpc) is 1.94. The van der Waals surface area contributed by atoms with E-state index in [0.717, 1.165) is 12.1 Å². The Bertz CT molecular complexity index is 314. The fraction of sp³-hybridized carbons (Fsp3) is 0.143. The molecule has 0 spiro atoms. The predicted molar refractivity (Wildman–Crippen MR) is 40.8 cm³/mol. The van der Waals surface area contributed by atoms with Gasteiger partial charge in [-0.25, -0.2) is 13.0 Å². The number of halogens is 2. The Morgan fingerprint density at radius 2 is 2.08 bits per heavy atom. The highest BCUT2D eigenvalue weighted by Gasteiger charge is 2.05. The summed E-state index contributed by atoms with van der Waals surface area (Å²) in [6.45, 7) is 0. The van der Waals surface area contributed by atoms with Crippen molar-refractivity contribution in [1.82, 2.24) is 0 Å². The molecule has 1 aromatic rings. The molecule has 5 heteroatoms. The van der Waals surface area contributed by atoms with Crippen molar-refractivity contribution >= 4 is 11.1 Å². The van der Waals surface area contributed by atoms with Crippen molar-refractivity contribution in [3.63, 3.8) is 0 Å². The molecule has 0 radical (unpaired) electrons. The lowest BCUT2D eigenvalue weighted by atomic mass is 10.2. The van der Waals surface area contributed by atoms with Crippen molar-refractivity contribution in [3.8, 4) is 0 Å². The molecule has 1 rings (SSSR count). The molecule has 1 unspecified atom stereocenters. The maximum Gasteiger partial charge on any atom is 0.157 e. The smallest absolute Gasteiger partial charge is 0.157 e. The molecule has 1 N–H and O–H groups in total.